The first-order chi connectivity index (χ1) is 17.6. The average molecular weight is 544 g/mol. The van der Waals surface area contributed by atoms with Crippen molar-refractivity contribution in [3.05, 3.63) is 29.6 Å². The molecule has 0 radical (unpaired) electrons. The lowest BCUT2D eigenvalue weighted by Crippen LogP contribution is -2.42. The van der Waals surface area contributed by atoms with Crippen molar-refractivity contribution in [2.24, 2.45) is 5.92 Å². The largest absolute Gasteiger partial charge is 0.496 e. The van der Waals surface area contributed by atoms with Gasteiger partial charge in [-0.25, -0.2) is 9.18 Å². The molecule has 38 heavy (non-hydrogen) atoms. The van der Waals surface area contributed by atoms with E-state index in [9.17, 15) is 23.6 Å². The molecule has 0 amide bonds. The monoisotopic (exact) mass is 543 g/mol. The van der Waals surface area contributed by atoms with Gasteiger partial charge in [0, 0.05) is 24.7 Å². The molecule has 2 rings (SSSR count). The Morgan fingerprint density at radius 3 is 2.11 bits per heavy atom. The number of likely N-dealkylation sites (tertiary alicyclic amines) is 1. The summed E-state index contributed by atoms with van der Waals surface area (Å²) >= 11 is 0. The predicted molar refractivity (Wildman–Crippen MR) is 133 cm³/mol. The van der Waals surface area contributed by atoms with E-state index in [1.807, 2.05) is 13.8 Å². The second kappa shape index (κ2) is 14.6. The molecule has 4 N–H and O–H groups in total. The topological polar surface area (TPSA) is 171 Å². The molecule has 0 bridgehead atoms. The number of methoxy groups -OCH3 is 1. The van der Waals surface area contributed by atoms with E-state index < -0.39 is 42.3 Å². The fourth-order valence-electron chi connectivity index (χ4n) is 4.12. The number of rotatable bonds is 12. The van der Waals surface area contributed by atoms with Crippen LogP contribution in [0.25, 0.3) is 0 Å². The Bertz CT molecular complexity index is 967. The molecule has 3 unspecified atom stereocenters. The van der Waals surface area contributed by atoms with Crippen LogP contribution in [-0.4, -0.2) is 87.1 Å². The molecule has 214 valence electrons. The van der Waals surface area contributed by atoms with Gasteiger partial charge in [0.1, 0.15) is 17.7 Å². The Hall–Kier alpha value is -3.25. The lowest BCUT2D eigenvalue weighted by molar-refractivity contribution is -0.170. The fourth-order valence-corrected chi connectivity index (χ4v) is 4.12. The highest BCUT2D eigenvalue weighted by atomic mass is 19.1. The van der Waals surface area contributed by atoms with Crippen LogP contribution in [-0.2, 0) is 23.9 Å². The number of nitrogens with zero attached hydrogens (tertiary/aromatic N) is 1. The van der Waals surface area contributed by atoms with E-state index in [0.29, 0.717) is 17.4 Å². The van der Waals surface area contributed by atoms with Crippen molar-refractivity contribution in [2.75, 3.05) is 20.2 Å². The normalized spacial score (nSPS) is 17.2. The van der Waals surface area contributed by atoms with Crippen LogP contribution >= 0.6 is 0 Å². The predicted octanol–water partition coefficient (Wildman–Crippen LogP) is 2.74. The lowest BCUT2D eigenvalue weighted by Gasteiger charge is -2.26. The van der Waals surface area contributed by atoms with Gasteiger partial charge in [0.15, 0.2) is 5.60 Å². The third-order valence-corrected chi connectivity index (χ3v) is 6.47. The number of aliphatic carboxylic acids is 3. The van der Waals surface area contributed by atoms with Crippen LogP contribution in [0.15, 0.2) is 18.2 Å². The second-order valence-corrected chi connectivity index (χ2v) is 9.66. The number of aliphatic hydroxyl groups is 1. The molecule has 1 saturated heterocycles. The molecule has 0 aromatic heterocycles. The van der Waals surface area contributed by atoms with Crippen molar-refractivity contribution in [2.45, 2.75) is 77.0 Å². The number of halogens is 1. The number of hydrogen-bond donors (Lipinski definition) is 4. The maximum atomic E-state index is 13.8. The summed E-state index contributed by atoms with van der Waals surface area (Å²) in [5, 5.41) is 33.8. The van der Waals surface area contributed by atoms with Gasteiger partial charge in [0.05, 0.1) is 25.9 Å². The average Bonchev–Trinajstić information content (AvgIpc) is 3.27. The van der Waals surface area contributed by atoms with E-state index in [2.05, 4.69) is 18.7 Å². The van der Waals surface area contributed by atoms with Crippen molar-refractivity contribution < 1.29 is 53.5 Å². The quantitative estimate of drug-likeness (QED) is 0.286. The molecule has 11 nitrogen and oxygen atoms in total. The first kappa shape index (κ1) is 32.8. The Labute approximate surface area is 221 Å². The Kier molecular flexibility index (Phi) is 12.6. The Morgan fingerprint density at radius 2 is 1.68 bits per heavy atom. The van der Waals surface area contributed by atoms with E-state index in [-0.39, 0.29) is 23.8 Å². The van der Waals surface area contributed by atoms with E-state index in [0.717, 1.165) is 25.9 Å². The molecule has 0 spiro atoms. The van der Waals surface area contributed by atoms with Gasteiger partial charge in [-0.3, -0.25) is 19.3 Å². The summed E-state index contributed by atoms with van der Waals surface area (Å²) < 4.78 is 25.0. The summed E-state index contributed by atoms with van der Waals surface area (Å²) in [6.45, 7) is 10.00. The minimum absolute atomic E-state index is 0.0332. The molecule has 0 saturated carbocycles. The number of carbonyl (C=O) groups is 4. The van der Waals surface area contributed by atoms with Crippen LogP contribution in [0, 0.1) is 11.7 Å². The molecule has 0 aliphatic carbocycles. The van der Waals surface area contributed by atoms with E-state index >= 15 is 0 Å². The molecule has 3 atom stereocenters. The standard InChI is InChI=1S/C20H30FNO3.C6H8O7/c1-6-14(4)19(17-11-15(21)7-8-18(17)24-5)20(23)25-16-9-10-22(12-16)13(2)3;7-3(8)1-6(13,5(11)12)2-4(9)10/h7-8,11,13-14,16,19H,6,9-10,12H2,1-5H3;13H,1-2H2,(H,7,8)(H,9,10)(H,11,12). The van der Waals surface area contributed by atoms with Gasteiger partial charge in [-0.2, -0.15) is 0 Å². The van der Waals surface area contributed by atoms with E-state index in [4.69, 9.17) is 29.9 Å². The van der Waals surface area contributed by atoms with Gasteiger partial charge in [-0.15, -0.1) is 0 Å². The maximum absolute atomic E-state index is 13.8. The van der Waals surface area contributed by atoms with Gasteiger partial charge < -0.3 is 29.9 Å². The lowest BCUT2D eigenvalue weighted by atomic mass is 9.85. The van der Waals surface area contributed by atoms with Gasteiger partial charge in [-0.05, 0) is 44.4 Å². The van der Waals surface area contributed by atoms with Crippen molar-refractivity contribution in [1.82, 2.24) is 4.90 Å². The summed E-state index contributed by atoms with van der Waals surface area (Å²) in [7, 11) is 1.53. The second-order valence-electron chi connectivity index (χ2n) is 9.66. The van der Waals surface area contributed by atoms with Crippen LogP contribution < -0.4 is 4.74 Å². The van der Waals surface area contributed by atoms with Gasteiger partial charge in [0.25, 0.3) is 0 Å². The minimum atomic E-state index is -2.74. The zero-order chi connectivity index (χ0) is 29.2. The molecule has 1 heterocycles. The maximum Gasteiger partial charge on any atom is 0.336 e. The number of benzene rings is 1. The van der Waals surface area contributed by atoms with Crippen LogP contribution in [0.4, 0.5) is 4.39 Å². The highest BCUT2D eigenvalue weighted by molar-refractivity contribution is 5.88. The number of ether oxygens (including phenoxy) is 2. The number of carboxylic acid groups (broad SMARTS) is 3. The minimum Gasteiger partial charge on any atom is -0.496 e. The summed E-state index contributed by atoms with van der Waals surface area (Å²) in [5.41, 5.74) is -2.17. The summed E-state index contributed by atoms with van der Waals surface area (Å²) in [6, 6.07) is 4.76. The third kappa shape index (κ3) is 9.56. The Morgan fingerprint density at radius 1 is 1.11 bits per heavy atom. The van der Waals surface area contributed by atoms with Crippen LogP contribution in [0.3, 0.4) is 0 Å². The molecule has 1 aromatic rings. The van der Waals surface area contributed by atoms with Crippen LogP contribution in [0.5, 0.6) is 5.75 Å². The van der Waals surface area contributed by atoms with Crippen molar-refractivity contribution in [3.8, 4) is 5.75 Å². The zero-order valence-corrected chi connectivity index (χ0v) is 22.3. The van der Waals surface area contributed by atoms with Crippen LogP contribution in [0.2, 0.25) is 0 Å². The van der Waals surface area contributed by atoms with E-state index in [1.165, 1.54) is 19.2 Å². The molecular weight excluding hydrogens is 505 g/mol. The van der Waals surface area contributed by atoms with Crippen molar-refractivity contribution in [1.29, 1.82) is 0 Å². The molecule has 12 heteroatoms. The van der Waals surface area contributed by atoms with Gasteiger partial charge >= 0.3 is 23.9 Å². The molecule has 1 fully saturated rings. The van der Waals surface area contributed by atoms with Gasteiger partial charge in [-0.1, -0.05) is 20.3 Å². The summed E-state index contributed by atoms with van der Waals surface area (Å²) in [6.07, 6.45) is -0.746. The van der Waals surface area contributed by atoms with Gasteiger partial charge in [0.2, 0.25) is 0 Å². The number of carbonyl (C=O) groups excluding carboxylic acids is 1. The zero-order valence-electron chi connectivity index (χ0n) is 22.3. The smallest absolute Gasteiger partial charge is 0.336 e. The third-order valence-electron chi connectivity index (χ3n) is 6.47. The Balaban J connectivity index is 0.000000471. The first-order valence-electron chi connectivity index (χ1n) is 12.3. The first-order valence-corrected chi connectivity index (χ1v) is 12.3. The summed E-state index contributed by atoms with van der Waals surface area (Å²) in [4.78, 5) is 45.7. The molecule has 1 aromatic carbocycles. The molecular formula is C26H38FNO10. The molecule has 1 aliphatic rings. The highest BCUT2D eigenvalue weighted by Gasteiger charge is 2.41. The summed E-state index contributed by atoms with van der Waals surface area (Å²) in [5.74, 6) is -5.64. The molecule has 1 aliphatic heterocycles. The van der Waals surface area contributed by atoms with E-state index in [1.54, 1.807) is 6.07 Å². The SMILES string of the molecule is CCC(C)C(C(=O)OC1CCN(C(C)C)C1)c1cc(F)ccc1OC.O=C(O)CC(O)(CC(=O)O)C(=O)O. The number of esters is 1. The highest BCUT2D eigenvalue weighted by Crippen LogP contribution is 2.36. The fraction of sp³-hybridized carbons (Fsp3) is 0.615. The van der Waals surface area contributed by atoms with Crippen LogP contribution in [0.1, 0.15) is 64.9 Å². The number of hydrogen-bond acceptors (Lipinski definition) is 8. The van der Waals surface area contributed by atoms with Crippen molar-refractivity contribution in [3.63, 3.8) is 0 Å². The number of carboxylic acids is 3. The van der Waals surface area contributed by atoms with Crippen molar-refractivity contribution >= 4 is 23.9 Å².